The van der Waals surface area contributed by atoms with Crippen LogP contribution in [0.3, 0.4) is 0 Å². The fourth-order valence-electron chi connectivity index (χ4n) is 2.61. The Kier molecular flexibility index (Phi) is 10.9. The average Bonchev–Trinajstić information content (AvgIpc) is 2.66. The Bertz CT molecular complexity index is 547. The number of halogens is 1. The van der Waals surface area contributed by atoms with E-state index in [0.29, 0.717) is 13.0 Å². The second-order valence-corrected chi connectivity index (χ2v) is 5.86. The Morgan fingerprint density at radius 2 is 1.85 bits per heavy atom. The highest BCUT2D eigenvalue weighted by atomic mass is 127. The van der Waals surface area contributed by atoms with Crippen molar-refractivity contribution >= 4 is 41.8 Å². The summed E-state index contributed by atoms with van der Waals surface area (Å²) in [4.78, 5) is 29.3. The first kappa shape index (κ1) is 22.4. The molecule has 1 aromatic heterocycles. The van der Waals surface area contributed by atoms with E-state index in [9.17, 15) is 4.79 Å². The molecule has 2 rings (SSSR count). The van der Waals surface area contributed by atoms with Crippen LogP contribution in [0.1, 0.15) is 26.7 Å². The van der Waals surface area contributed by atoms with Gasteiger partial charge in [0.2, 0.25) is 11.9 Å². The van der Waals surface area contributed by atoms with E-state index in [1.54, 1.807) is 12.4 Å². The van der Waals surface area contributed by atoms with Gasteiger partial charge in [-0.2, -0.15) is 0 Å². The first-order chi connectivity index (χ1) is 12.2. The first-order valence-electron chi connectivity index (χ1n) is 9.06. The summed E-state index contributed by atoms with van der Waals surface area (Å²) >= 11 is 0. The number of guanidine groups is 1. The van der Waals surface area contributed by atoms with Crippen LogP contribution < -0.4 is 15.5 Å². The van der Waals surface area contributed by atoms with Crippen LogP contribution in [0.4, 0.5) is 5.95 Å². The van der Waals surface area contributed by atoms with Gasteiger partial charge in [0.05, 0.1) is 6.54 Å². The number of amides is 1. The lowest BCUT2D eigenvalue weighted by atomic mass is 10.3. The van der Waals surface area contributed by atoms with E-state index >= 15 is 0 Å². The van der Waals surface area contributed by atoms with Gasteiger partial charge in [-0.25, -0.2) is 9.97 Å². The number of carbonyl (C=O) groups excluding carboxylic acids is 1. The van der Waals surface area contributed by atoms with Crippen molar-refractivity contribution < 1.29 is 4.79 Å². The predicted molar refractivity (Wildman–Crippen MR) is 115 cm³/mol. The Labute approximate surface area is 172 Å². The van der Waals surface area contributed by atoms with E-state index < -0.39 is 0 Å². The molecule has 8 nitrogen and oxygen atoms in total. The van der Waals surface area contributed by atoms with E-state index in [4.69, 9.17) is 0 Å². The number of aromatic nitrogens is 2. The van der Waals surface area contributed by atoms with Gasteiger partial charge in [0.15, 0.2) is 5.96 Å². The quantitative estimate of drug-likeness (QED) is 0.349. The van der Waals surface area contributed by atoms with Crippen molar-refractivity contribution in [2.75, 3.05) is 50.7 Å². The van der Waals surface area contributed by atoms with Gasteiger partial charge < -0.3 is 20.4 Å². The monoisotopic (exact) mass is 475 g/mol. The molecule has 1 fully saturated rings. The lowest BCUT2D eigenvalue weighted by Gasteiger charge is -2.36. The normalized spacial score (nSPS) is 14.6. The molecule has 1 aliphatic rings. The van der Waals surface area contributed by atoms with Crippen LogP contribution in [-0.2, 0) is 4.79 Å². The molecule has 9 heteroatoms. The third kappa shape index (κ3) is 7.30. The maximum atomic E-state index is 11.7. The molecule has 0 atom stereocenters. The van der Waals surface area contributed by atoms with E-state index in [1.807, 2.05) is 13.0 Å². The van der Waals surface area contributed by atoms with Gasteiger partial charge in [0, 0.05) is 58.1 Å². The van der Waals surface area contributed by atoms with Gasteiger partial charge in [0.25, 0.3) is 0 Å². The molecule has 26 heavy (non-hydrogen) atoms. The Morgan fingerprint density at radius 3 is 2.46 bits per heavy atom. The van der Waals surface area contributed by atoms with Crippen LogP contribution in [0.15, 0.2) is 23.5 Å². The minimum Gasteiger partial charge on any atom is -0.357 e. The summed E-state index contributed by atoms with van der Waals surface area (Å²) in [5.41, 5.74) is 0. The molecule has 0 aromatic carbocycles. The van der Waals surface area contributed by atoms with Crippen LogP contribution in [0.5, 0.6) is 0 Å². The van der Waals surface area contributed by atoms with E-state index in [-0.39, 0.29) is 29.9 Å². The molecular formula is C17H30IN7O. The molecule has 0 unspecified atom stereocenters. The molecule has 146 valence electrons. The van der Waals surface area contributed by atoms with Crippen molar-refractivity contribution in [2.24, 2.45) is 4.99 Å². The summed E-state index contributed by atoms with van der Waals surface area (Å²) in [5.74, 6) is 1.71. The molecule has 2 heterocycles. The van der Waals surface area contributed by atoms with Gasteiger partial charge in [-0.05, 0) is 19.4 Å². The number of hydrogen-bond donors (Lipinski definition) is 2. The van der Waals surface area contributed by atoms with E-state index in [2.05, 4.69) is 42.3 Å². The number of hydrogen-bond acceptors (Lipinski definition) is 5. The van der Waals surface area contributed by atoms with Crippen molar-refractivity contribution in [1.82, 2.24) is 25.5 Å². The van der Waals surface area contributed by atoms with Crippen molar-refractivity contribution in [1.29, 1.82) is 0 Å². The van der Waals surface area contributed by atoms with Crippen molar-refractivity contribution in [3.63, 3.8) is 0 Å². The maximum Gasteiger partial charge on any atom is 0.225 e. The predicted octanol–water partition coefficient (Wildman–Crippen LogP) is 1.10. The lowest BCUT2D eigenvalue weighted by molar-refractivity contribution is -0.120. The van der Waals surface area contributed by atoms with Crippen LogP contribution >= 0.6 is 24.0 Å². The van der Waals surface area contributed by atoms with Crippen LogP contribution in [0.2, 0.25) is 0 Å². The number of nitrogens with zero attached hydrogens (tertiary/aromatic N) is 5. The fourth-order valence-corrected chi connectivity index (χ4v) is 2.61. The lowest BCUT2D eigenvalue weighted by Crippen LogP contribution is -2.53. The van der Waals surface area contributed by atoms with Crippen LogP contribution in [0.25, 0.3) is 0 Å². The van der Waals surface area contributed by atoms with Crippen LogP contribution in [-0.4, -0.2) is 72.5 Å². The van der Waals surface area contributed by atoms with E-state index in [0.717, 1.165) is 57.6 Å². The van der Waals surface area contributed by atoms with Gasteiger partial charge in [0.1, 0.15) is 0 Å². The number of aliphatic imine (C=N–C) groups is 1. The second kappa shape index (κ2) is 12.7. The minimum atomic E-state index is 0. The van der Waals surface area contributed by atoms with Gasteiger partial charge >= 0.3 is 0 Å². The molecule has 1 aliphatic heterocycles. The Morgan fingerprint density at radius 1 is 1.15 bits per heavy atom. The third-order valence-corrected chi connectivity index (χ3v) is 3.92. The smallest absolute Gasteiger partial charge is 0.225 e. The topological polar surface area (TPSA) is 85.8 Å². The number of rotatable bonds is 7. The molecule has 0 spiro atoms. The zero-order chi connectivity index (χ0) is 17.9. The summed E-state index contributed by atoms with van der Waals surface area (Å²) in [6, 6.07) is 1.83. The zero-order valence-electron chi connectivity index (χ0n) is 15.6. The van der Waals surface area contributed by atoms with Crippen molar-refractivity contribution in [3.8, 4) is 0 Å². The molecule has 1 saturated heterocycles. The third-order valence-electron chi connectivity index (χ3n) is 3.92. The maximum absolute atomic E-state index is 11.7. The summed E-state index contributed by atoms with van der Waals surface area (Å²) in [7, 11) is 0. The highest BCUT2D eigenvalue weighted by Gasteiger charge is 2.21. The Balaban J connectivity index is 0.00000338. The van der Waals surface area contributed by atoms with Crippen LogP contribution in [0, 0.1) is 0 Å². The molecule has 0 radical (unpaired) electrons. The number of anilines is 1. The number of carbonyl (C=O) groups is 1. The average molecular weight is 475 g/mol. The SMILES string of the molecule is CCCNC(=O)CCN=C(NCC)N1CCN(c2ncccn2)CC1.I. The molecule has 2 N–H and O–H groups in total. The highest BCUT2D eigenvalue weighted by molar-refractivity contribution is 14.0. The molecule has 1 amide bonds. The zero-order valence-corrected chi connectivity index (χ0v) is 18.0. The van der Waals surface area contributed by atoms with Gasteiger partial charge in [-0.15, -0.1) is 24.0 Å². The minimum absolute atomic E-state index is 0. The summed E-state index contributed by atoms with van der Waals surface area (Å²) in [6.45, 7) is 9.54. The largest absolute Gasteiger partial charge is 0.357 e. The standard InChI is InChI=1S/C17H29N7O.HI/c1-3-7-19-15(25)6-10-22-16(18-4-2)23-11-13-24(14-12-23)17-20-8-5-9-21-17;/h5,8-9H,3-4,6-7,10-14H2,1-2H3,(H,18,22)(H,19,25);1H. The molecule has 0 bridgehead atoms. The van der Waals surface area contributed by atoms with Crippen molar-refractivity contribution in [2.45, 2.75) is 26.7 Å². The number of nitrogens with one attached hydrogen (secondary N) is 2. The molecule has 0 aliphatic carbocycles. The van der Waals surface area contributed by atoms with Gasteiger partial charge in [-0.3, -0.25) is 9.79 Å². The molecule has 1 aromatic rings. The molecular weight excluding hydrogens is 445 g/mol. The molecule has 0 saturated carbocycles. The van der Waals surface area contributed by atoms with Gasteiger partial charge in [-0.1, -0.05) is 6.92 Å². The first-order valence-corrected chi connectivity index (χ1v) is 9.06. The van der Waals surface area contributed by atoms with Crippen molar-refractivity contribution in [3.05, 3.63) is 18.5 Å². The van der Waals surface area contributed by atoms with E-state index in [1.165, 1.54) is 0 Å². The summed E-state index contributed by atoms with van der Waals surface area (Å²) in [5, 5.41) is 6.20. The summed E-state index contributed by atoms with van der Waals surface area (Å²) in [6.07, 6.45) is 4.91. The summed E-state index contributed by atoms with van der Waals surface area (Å²) < 4.78 is 0. The Hall–Kier alpha value is -1.65. The number of piperazine rings is 1. The highest BCUT2D eigenvalue weighted by Crippen LogP contribution is 2.09. The fraction of sp³-hybridized carbons (Fsp3) is 0.647. The second-order valence-electron chi connectivity index (χ2n) is 5.86.